The van der Waals surface area contributed by atoms with Crippen LogP contribution in [0.5, 0.6) is 0 Å². The molecule has 0 aromatic heterocycles. The number of nitro benzene ring substituents is 1. The van der Waals surface area contributed by atoms with E-state index in [0.29, 0.717) is 35.1 Å². The number of carbonyl (C=O) groups is 1. The van der Waals surface area contributed by atoms with E-state index in [2.05, 4.69) is 5.32 Å². The summed E-state index contributed by atoms with van der Waals surface area (Å²) in [5, 5.41) is 13.4. The van der Waals surface area contributed by atoms with Gasteiger partial charge >= 0.3 is 0 Å². The number of non-ortho nitro benzene ring substituents is 1. The number of halogens is 1. The summed E-state index contributed by atoms with van der Waals surface area (Å²) in [4.78, 5) is 21.9. The van der Waals surface area contributed by atoms with Gasteiger partial charge in [-0.25, -0.2) is 4.39 Å². The summed E-state index contributed by atoms with van der Waals surface area (Å²) in [6.07, 6.45) is 0. The van der Waals surface area contributed by atoms with Crippen molar-refractivity contribution in [2.75, 3.05) is 18.1 Å². The first-order valence-electron chi connectivity index (χ1n) is 7.95. The standard InChI is InChI=1S/C18H19FN2O3S2/c19-17-4-2-1-3-15(17)12-25-10-9-20-18(22)13-26-11-14-5-7-16(8-6-14)21(23)24/h1-8H,9-13H2,(H,20,22). The van der Waals surface area contributed by atoms with Crippen molar-refractivity contribution in [2.45, 2.75) is 11.5 Å². The van der Waals surface area contributed by atoms with E-state index in [1.165, 1.54) is 30.0 Å². The number of amides is 1. The van der Waals surface area contributed by atoms with Crippen LogP contribution in [0.1, 0.15) is 11.1 Å². The molecule has 8 heteroatoms. The Balaban J connectivity index is 1.56. The number of rotatable bonds is 10. The first-order valence-corrected chi connectivity index (χ1v) is 10.3. The summed E-state index contributed by atoms with van der Waals surface area (Å²) in [7, 11) is 0. The van der Waals surface area contributed by atoms with Gasteiger partial charge in [0.1, 0.15) is 5.82 Å². The zero-order chi connectivity index (χ0) is 18.8. The van der Waals surface area contributed by atoms with Crippen molar-refractivity contribution < 1.29 is 14.1 Å². The molecule has 0 atom stereocenters. The van der Waals surface area contributed by atoms with E-state index < -0.39 is 4.92 Å². The van der Waals surface area contributed by atoms with Gasteiger partial charge in [0.25, 0.3) is 5.69 Å². The Labute approximate surface area is 159 Å². The number of hydrogen-bond donors (Lipinski definition) is 1. The molecule has 5 nitrogen and oxygen atoms in total. The van der Waals surface area contributed by atoms with Crippen LogP contribution in [0.15, 0.2) is 48.5 Å². The predicted octanol–water partition coefficient (Wildman–Crippen LogP) is 4.02. The molecular weight excluding hydrogens is 375 g/mol. The molecule has 2 rings (SSSR count). The van der Waals surface area contributed by atoms with Gasteiger partial charge in [0.05, 0.1) is 10.7 Å². The van der Waals surface area contributed by atoms with Crippen LogP contribution >= 0.6 is 23.5 Å². The maximum atomic E-state index is 13.4. The highest BCUT2D eigenvalue weighted by atomic mass is 32.2. The zero-order valence-corrected chi connectivity index (χ0v) is 15.7. The maximum absolute atomic E-state index is 13.4. The molecule has 1 amide bonds. The number of benzene rings is 2. The van der Waals surface area contributed by atoms with Crippen LogP contribution in [0, 0.1) is 15.9 Å². The molecule has 0 bridgehead atoms. The molecule has 0 saturated carbocycles. The molecule has 0 unspecified atom stereocenters. The first kappa shape index (κ1) is 20.3. The van der Waals surface area contributed by atoms with Crippen LogP contribution in [-0.4, -0.2) is 28.9 Å². The van der Waals surface area contributed by atoms with Crippen molar-refractivity contribution in [1.82, 2.24) is 5.32 Å². The summed E-state index contributed by atoms with van der Waals surface area (Å²) in [5.74, 6) is 1.99. The lowest BCUT2D eigenvalue weighted by Crippen LogP contribution is -2.27. The number of nitrogens with zero attached hydrogens (tertiary/aromatic N) is 1. The second-order valence-electron chi connectivity index (χ2n) is 5.41. The molecule has 0 aliphatic rings. The summed E-state index contributed by atoms with van der Waals surface area (Å²) < 4.78 is 13.4. The van der Waals surface area contributed by atoms with E-state index in [9.17, 15) is 19.3 Å². The summed E-state index contributed by atoms with van der Waals surface area (Å²) in [5.41, 5.74) is 1.67. The Hall–Kier alpha value is -2.06. The summed E-state index contributed by atoms with van der Waals surface area (Å²) in [6, 6.07) is 13.0. The molecule has 0 aliphatic carbocycles. The highest BCUT2D eigenvalue weighted by molar-refractivity contribution is 7.99. The van der Waals surface area contributed by atoms with Gasteiger partial charge in [0.2, 0.25) is 5.91 Å². The molecular formula is C18H19FN2O3S2. The Bertz CT molecular complexity index is 741. The Morgan fingerprint density at radius 3 is 2.50 bits per heavy atom. The third-order valence-corrected chi connectivity index (χ3v) is 5.44. The van der Waals surface area contributed by atoms with Gasteiger partial charge in [-0.05, 0) is 17.2 Å². The van der Waals surface area contributed by atoms with E-state index >= 15 is 0 Å². The van der Waals surface area contributed by atoms with Gasteiger partial charge in [0.15, 0.2) is 0 Å². The molecule has 0 saturated heterocycles. The minimum Gasteiger partial charge on any atom is -0.355 e. The number of carbonyl (C=O) groups excluding carboxylic acids is 1. The number of hydrogen-bond acceptors (Lipinski definition) is 5. The fourth-order valence-corrected chi connectivity index (χ4v) is 3.75. The molecule has 138 valence electrons. The number of nitrogens with one attached hydrogen (secondary N) is 1. The highest BCUT2D eigenvalue weighted by Crippen LogP contribution is 2.17. The van der Waals surface area contributed by atoms with Gasteiger partial charge in [0, 0.05) is 35.9 Å². The Morgan fingerprint density at radius 2 is 1.81 bits per heavy atom. The fraction of sp³-hybridized carbons (Fsp3) is 0.278. The SMILES string of the molecule is O=C(CSCc1ccc([N+](=O)[O-])cc1)NCCSCc1ccccc1F. The average Bonchev–Trinajstić information content (AvgIpc) is 2.63. The summed E-state index contributed by atoms with van der Waals surface area (Å²) in [6.45, 7) is 0.538. The fourth-order valence-electron chi connectivity index (χ4n) is 2.09. The van der Waals surface area contributed by atoms with Crippen molar-refractivity contribution in [1.29, 1.82) is 0 Å². The minimum absolute atomic E-state index is 0.0524. The minimum atomic E-state index is -0.436. The number of nitro groups is 1. The van der Waals surface area contributed by atoms with Crippen molar-refractivity contribution >= 4 is 35.1 Å². The van der Waals surface area contributed by atoms with Gasteiger partial charge in [-0.1, -0.05) is 30.3 Å². The Morgan fingerprint density at radius 1 is 1.08 bits per heavy atom. The third kappa shape index (κ3) is 7.05. The van der Waals surface area contributed by atoms with Gasteiger partial charge < -0.3 is 5.32 Å². The van der Waals surface area contributed by atoms with Gasteiger partial charge in [-0.15, -0.1) is 11.8 Å². The van der Waals surface area contributed by atoms with Crippen LogP contribution in [-0.2, 0) is 16.3 Å². The van der Waals surface area contributed by atoms with Gasteiger partial charge in [-0.3, -0.25) is 14.9 Å². The van der Waals surface area contributed by atoms with Crippen LogP contribution < -0.4 is 5.32 Å². The van der Waals surface area contributed by atoms with E-state index in [1.54, 1.807) is 36.0 Å². The molecule has 2 aromatic carbocycles. The van der Waals surface area contributed by atoms with Crippen LogP contribution in [0.3, 0.4) is 0 Å². The largest absolute Gasteiger partial charge is 0.355 e. The predicted molar refractivity (Wildman–Crippen MR) is 105 cm³/mol. The molecule has 26 heavy (non-hydrogen) atoms. The second-order valence-corrected chi connectivity index (χ2v) is 7.50. The first-order chi connectivity index (χ1) is 12.6. The average molecular weight is 394 g/mol. The zero-order valence-electron chi connectivity index (χ0n) is 14.0. The lowest BCUT2D eigenvalue weighted by Gasteiger charge is -2.06. The van der Waals surface area contributed by atoms with E-state index in [4.69, 9.17) is 0 Å². The van der Waals surface area contributed by atoms with Crippen LogP contribution in [0.25, 0.3) is 0 Å². The molecule has 0 spiro atoms. The van der Waals surface area contributed by atoms with E-state index in [1.807, 2.05) is 6.07 Å². The van der Waals surface area contributed by atoms with E-state index in [0.717, 1.165) is 5.56 Å². The normalized spacial score (nSPS) is 10.5. The van der Waals surface area contributed by atoms with Gasteiger partial charge in [-0.2, -0.15) is 11.8 Å². The second kappa shape index (κ2) is 10.8. The highest BCUT2D eigenvalue weighted by Gasteiger charge is 2.06. The molecule has 0 radical (unpaired) electrons. The van der Waals surface area contributed by atoms with Crippen LogP contribution in [0.4, 0.5) is 10.1 Å². The molecule has 1 N–H and O–H groups in total. The molecule has 0 heterocycles. The third-order valence-electron chi connectivity index (χ3n) is 3.43. The monoisotopic (exact) mass is 394 g/mol. The van der Waals surface area contributed by atoms with Crippen molar-refractivity contribution in [3.8, 4) is 0 Å². The molecule has 2 aromatic rings. The smallest absolute Gasteiger partial charge is 0.269 e. The van der Waals surface area contributed by atoms with Crippen molar-refractivity contribution in [3.05, 3.63) is 75.6 Å². The topological polar surface area (TPSA) is 72.2 Å². The lowest BCUT2D eigenvalue weighted by atomic mass is 10.2. The van der Waals surface area contributed by atoms with E-state index in [-0.39, 0.29) is 17.4 Å². The van der Waals surface area contributed by atoms with Crippen molar-refractivity contribution in [3.63, 3.8) is 0 Å². The quantitative estimate of drug-likeness (QED) is 0.374. The Kier molecular flexibility index (Phi) is 8.43. The van der Waals surface area contributed by atoms with Crippen molar-refractivity contribution in [2.24, 2.45) is 0 Å². The number of thioether (sulfide) groups is 2. The lowest BCUT2D eigenvalue weighted by molar-refractivity contribution is -0.384. The van der Waals surface area contributed by atoms with Crippen LogP contribution in [0.2, 0.25) is 0 Å². The molecule has 0 aliphatic heterocycles. The molecule has 0 fully saturated rings. The maximum Gasteiger partial charge on any atom is 0.269 e. The summed E-state index contributed by atoms with van der Waals surface area (Å²) >= 11 is 3.02.